The molecule has 2 aromatic carbocycles. The van der Waals surface area contributed by atoms with Crippen molar-refractivity contribution in [1.82, 2.24) is 15.2 Å². The summed E-state index contributed by atoms with van der Waals surface area (Å²) in [4.78, 5) is 19.2. The maximum atomic E-state index is 12.5. The van der Waals surface area contributed by atoms with Gasteiger partial charge < -0.3 is 14.2 Å². The summed E-state index contributed by atoms with van der Waals surface area (Å²) in [5, 5.41) is 2.80. The van der Waals surface area contributed by atoms with E-state index in [0.717, 1.165) is 6.54 Å². The Morgan fingerprint density at radius 1 is 0.912 bits per heavy atom. The van der Waals surface area contributed by atoms with Gasteiger partial charge in [0.2, 0.25) is 5.89 Å². The molecule has 0 saturated heterocycles. The monoisotopic (exact) mass is 457 g/mol. The summed E-state index contributed by atoms with van der Waals surface area (Å²) in [7, 11) is 0. The molecule has 0 aliphatic carbocycles. The number of hydrogen-bond acceptors (Lipinski definition) is 5. The lowest BCUT2D eigenvalue weighted by Gasteiger charge is -2.28. The van der Waals surface area contributed by atoms with E-state index >= 15 is 0 Å². The van der Waals surface area contributed by atoms with Crippen LogP contribution in [0.2, 0.25) is 0 Å². The highest BCUT2D eigenvalue weighted by Gasteiger charge is 2.20. The minimum atomic E-state index is -0.293. The van der Waals surface area contributed by atoms with Crippen molar-refractivity contribution in [1.29, 1.82) is 0 Å². The number of nitrogens with zero attached hydrogens (tertiary/aromatic N) is 2. The molecular formula is C28H31N3O3. The zero-order valence-corrected chi connectivity index (χ0v) is 19.9. The molecule has 0 aliphatic rings. The molecule has 0 fully saturated rings. The fourth-order valence-electron chi connectivity index (χ4n) is 3.85. The van der Waals surface area contributed by atoms with Crippen LogP contribution in [0.15, 0.2) is 88.1 Å². The fourth-order valence-corrected chi connectivity index (χ4v) is 3.85. The predicted molar refractivity (Wildman–Crippen MR) is 131 cm³/mol. The van der Waals surface area contributed by atoms with Crippen LogP contribution in [0, 0.1) is 0 Å². The Morgan fingerprint density at radius 3 is 2.35 bits per heavy atom. The molecule has 4 aromatic rings. The van der Waals surface area contributed by atoms with E-state index in [9.17, 15) is 4.79 Å². The van der Waals surface area contributed by atoms with Crippen molar-refractivity contribution in [2.75, 3.05) is 0 Å². The summed E-state index contributed by atoms with van der Waals surface area (Å²) < 4.78 is 10.9. The summed E-state index contributed by atoms with van der Waals surface area (Å²) in [6.07, 6.45) is 2.99. The molecular weight excluding hydrogens is 426 g/mol. The van der Waals surface area contributed by atoms with Crippen molar-refractivity contribution >= 4 is 5.91 Å². The van der Waals surface area contributed by atoms with Gasteiger partial charge in [-0.15, -0.1) is 0 Å². The van der Waals surface area contributed by atoms with Crippen molar-refractivity contribution in [3.8, 4) is 0 Å². The second kappa shape index (κ2) is 11.0. The van der Waals surface area contributed by atoms with Crippen molar-refractivity contribution in [2.45, 2.75) is 52.4 Å². The maximum absolute atomic E-state index is 12.5. The van der Waals surface area contributed by atoms with E-state index in [-0.39, 0.29) is 17.6 Å². The molecule has 2 heterocycles. The zero-order valence-electron chi connectivity index (χ0n) is 19.9. The van der Waals surface area contributed by atoms with Crippen LogP contribution in [0.5, 0.6) is 0 Å². The zero-order chi connectivity index (χ0) is 23.9. The smallest absolute Gasteiger partial charge is 0.273 e. The second-order valence-electron chi connectivity index (χ2n) is 8.78. The SMILES string of the molecule is CC(C)c1ccc(CN(Cc2nc(C(=O)NCc3ccco3)co2)C(C)c2ccccc2)cc1. The first-order chi connectivity index (χ1) is 16.5. The Bertz CT molecular complexity index is 1170. The fraction of sp³-hybridized carbons (Fsp3) is 0.286. The third-order valence-electron chi connectivity index (χ3n) is 5.99. The number of aromatic nitrogens is 1. The minimum absolute atomic E-state index is 0.133. The van der Waals surface area contributed by atoms with Gasteiger partial charge in [0.05, 0.1) is 19.4 Å². The number of nitrogens with one attached hydrogen (secondary N) is 1. The van der Waals surface area contributed by atoms with Gasteiger partial charge in [-0.1, -0.05) is 68.4 Å². The molecule has 0 saturated carbocycles. The van der Waals surface area contributed by atoms with Crippen LogP contribution in [-0.4, -0.2) is 15.8 Å². The van der Waals surface area contributed by atoms with Gasteiger partial charge in [0.15, 0.2) is 5.69 Å². The molecule has 1 N–H and O–H groups in total. The van der Waals surface area contributed by atoms with Crippen LogP contribution < -0.4 is 5.32 Å². The number of hydrogen-bond donors (Lipinski definition) is 1. The minimum Gasteiger partial charge on any atom is -0.467 e. The number of oxazole rings is 1. The number of carbonyl (C=O) groups excluding carboxylic acids is 1. The van der Waals surface area contributed by atoms with Crippen molar-refractivity contribution < 1.29 is 13.6 Å². The van der Waals surface area contributed by atoms with E-state index in [1.54, 1.807) is 12.3 Å². The molecule has 0 radical (unpaired) electrons. The van der Waals surface area contributed by atoms with Crippen molar-refractivity contribution in [2.24, 2.45) is 0 Å². The maximum Gasteiger partial charge on any atom is 0.273 e. The number of carbonyl (C=O) groups is 1. The van der Waals surface area contributed by atoms with Crippen LogP contribution in [-0.2, 0) is 19.6 Å². The van der Waals surface area contributed by atoms with Gasteiger partial charge >= 0.3 is 0 Å². The Morgan fingerprint density at radius 2 is 1.68 bits per heavy atom. The van der Waals surface area contributed by atoms with Gasteiger partial charge in [0.1, 0.15) is 12.0 Å². The number of furan rings is 1. The van der Waals surface area contributed by atoms with Gasteiger partial charge in [0.25, 0.3) is 5.91 Å². The average Bonchev–Trinajstić information content (AvgIpc) is 3.55. The Balaban J connectivity index is 1.48. The molecule has 1 atom stereocenters. The molecule has 0 aliphatic heterocycles. The van der Waals surface area contributed by atoms with Gasteiger partial charge in [0, 0.05) is 12.6 Å². The number of amides is 1. The molecule has 6 heteroatoms. The molecule has 176 valence electrons. The second-order valence-corrected chi connectivity index (χ2v) is 8.78. The van der Waals surface area contributed by atoms with E-state index < -0.39 is 0 Å². The third-order valence-corrected chi connectivity index (χ3v) is 5.99. The predicted octanol–water partition coefficient (Wildman–Crippen LogP) is 6.08. The van der Waals surface area contributed by atoms with Crippen LogP contribution >= 0.6 is 0 Å². The molecule has 2 aromatic heterocycles. The molecule has 1 unspecified atom stereocenters. The Labute approximate surface area is 200 Å². The molecule has 34 heavy (non-hydrogen) atoms. The van der Waals surface area contributed by atoms with E-state index in [4.69, 9.17) is 8.83 Å². The lowest BCUT2D eigenvalue weighted by Crippen LogP contribution is -2.27. The molecule has 0 spiro atoms. The van der Waals surface area contributed by atoms with Gasteiger partial charge in [-0.05, 0) is 41.7 Å². The van der Waals surface area contributed by atoms with Gasteiger partial charge in [-0.3, -0.25) is 9.69 Å². The van der Waals surface area contributed by atoms with E-state index in [2.05, 4.69) is 72.4 Å². The first-order valence-corrected chi connectivity index (χ1v) is 11.6. The van der Waals surface area contributed by atoms with Gasteiger partial charge in [-0.2, -0.15) is 0 Å². The summed E-state index contributed by atoms with van der Waals surface area (Å²) in [6, 6.07) is 22.9. The van der Waals surface area contributed by atoms with Crippen LogP contribution in [0.1, 0.15) is 71.6 Å². The highest BCUT2D eigenvalue weighted by molar-refractivity contribution is 5.91. The van der Waals surface area contributed by atoms with Crippen LogP contribution in [0.3, 0.4) is 0 Å². The number of benzene rings is 2. The molecule has 4 rings (SSSR count). The molecule has 6 nitrogen and oxygen atoms in total. The quantitative estimate of drug-likeness (QED) is 0.312. The summed E-state index contributed by atoms with van der Waals surface area (Å²) in [5.41, 5.74) is 4.01. The standard InChI is InChI=1S/C28H31N3O3/c1-20(2)23-13-11-22(12-14-23)17-31(21(3)24-8-5-4-6-9-24)18-27-30-26(19-34-27)28(32)29-16-25-10-7-15-33-25/h4-15,19-21H,16-18H2,1-3H3,(H,29,32). The summed E-state index contributed by atoms with van der Waals surface area (Å²) in [6.45, 7) is 8.09. The third kappa shape index (κ3) is 6.02. The Kier molecular flexibility index (Phi) is 7.60. The normalized spacial score (nSPS) is 12.3. The van der Waals surface area contributed by atoms with E-state index in [1.165, 1.54) is 23.0 Å². The lowest BCUT2D eigenvalue weighted by atomic mass is 10.0. The largest absolute Gasteiger partial charge is 0.467 e. The van der Waals surface area contributed by atoms with Crippen molar-refractivity contribution in [3.05, 3.63) is 113 Å². The van der Waals surface area contributed by atoms with Crippen molar-refractivity contribution in [3.63, 3.8) is 0 Å². The molecule has 1 amide bonds. The highest BCUT2D eigenvalue weighted by Crippen LogP contribution is 2.25. The van der Waals surface area contributed by atoms with Crippen LogP contribution in [0.4, 0.5) is 0 Å². The Hall–Kier alpha value is -3.64. The highest BCUT2D eigenvalue weighted by atomic mass is 16.3. The summed E-state index contributed by atoms with van der Waals surface area (Å²) >= 11 is 0. The molecule has 0 bridgehead atoms. The van der Waals surface area contributed by atoms with Gasteiger partial charge in [-0.25, -0.2) is 4.98 Å². The van der Waals surface area contributed by atoms with Crippen LogP contribution in [0.25, 0.3) is 0 Å². The van der Waals surface area contributed by atoms with E-state index in [0.29, 0.717) is 30.7 Å². The average molecular weight is 458 g/mol. The van der Waals surface area contributed by atoms with E-state index in [1.807, 2.05) is 24.3 Å². The summed E-state index contributed by atoms with van der Waals surface area (Å²) in [5.74, 6) is 1.39. The topological polar surface area (TPSA) is 71.5 Å². The number of rotatable bonds is 10. The first-order valence-electron chi connectivity index (χ1n) is 11.6. The lowest BCUT2D eigenvalue weighted by molar-refractivity contribution is 0.0943. The first kappa shape index (κ1) is 23.5.